The SMILES string of the molecule is C/C=C/C#CC#C/C=C/C=C/[C@H](O)CO. The molecule has 2 N–H and O–H groups in total. The Bertz CT molecular complexity index is 353. The summed E-state index contributed by atoms with van der Waals surface area (Å²) in [4.78, 5) is 0. The van der Waals surface area contributed by atoms with Crippen molar-refractivity contribution in [1.82, 2.24) is 0 Å². The van der Waals surface area contributed by atoms with Crippen molar-refractivity contribution in [1.29, 1.82) is 0 Å². The minimum Gasteiger partial charge on any atom is -0.393 e. The van der Waals surface area contributed by atoms with Crippen LogP contribution in [0.25, 0.3) is 0 Å². The maximum absolute atomic E-state index is 8.92. The molecule has 0 aromatic rings. The number of hydrogen-bond donors (Lipinski definition) is 2. The van der Waals surface area contributed by atoms with E-state index in [1.165, 1.54) is 6.08 Å². The van der Waals surface area contributed by atoms with Gasteiger partial charge < -0.3 is 10.2 Å². The van der Waals surface area contributed by atoms with Crippen LogP contribution >= 0.6 is 0 Å². The number of allylic oxidation sites excluding steroid dienone is 5. The van der Waals surface area contributed by atoms with E-state index in [0.717, 1.165) is 0 Å². The van der Waals surface area contributed by atoms with Crippen LogP contribution in [0.1, 0.15) is 6.92 Å². The second-order valence-corrected chi connectivity index (χ2v) is 2.53. The fourth-order valence-electron chi connectivity index (χ4n) is 0.596. The smallest absolute Gasteiger partial charge is 0.0954 e. The van der Waals surface area contributed by atoms with E-state index in [1.54, 1.807) is 24.3 Å². The van der Waals surface area contributed by atoms with Gasteiger partial charge in [0.1, 0.15) is 0 Å². The van der Waals surface area contributed by atoms with Crippen LogP contribution in [-0.4, -0.2) is 22.9 Å². The van der Waals surface area contributed by atoms with Crippen LogP contribution in [0.4, 0.5) is 0 Å². The third kappa shape index (κ3) is 10.2. The highest BCUT2D eigenvalue weighted by molar-refractivity contribution is 5.34. The van der Waals surface area contributed by atoms with Crippen LogP contribution < -0.4 is 0 Å². The molecule has 0 unspecified atom stereocenters. The first-order chi connectivity index (χ1) is 7.31. The minimum absolute atomic E-state index is 0.273. The van der Waals surface area contributed by atoms with Gasteiger partial charge in [-0.25, -0.2) is 0 Å². The highest BCUT2D eigenvalue weighted by Crippen LogP contribution is 1.84. The van der Waals surface area contributed by atoms with Crippen molar-refractivity contribution in [2.45, 2.75) is 13.0 Å². The molecule has 0 bridgehead atoms. The Kier molecular flexibility index (Phi) is 9.14. The van der Waals surface area contributed by atoms with Crippen molar-refractivity contribution in [3.63, 3.8) is 0 Å². The van der Waals surface area contributed by atoms with E-state index in [1.807, 2.05) is 13.0 Å². The second-order valence-electron chi connectivity index (χ2n) is 2.53. The minimum atomic E-state index is -0.808. The zero-order chi connectivity index (χ0) is 11.4. The highest BCUT2D eigenvalue weighted by Gasteiger charge is 1.90. The quantitative estimate of drug-likeness (QED) is 0.530. The molecule has 0 spiro atoms. The first kappa shape index (κ1) is 13.3. The Morgan fingerprint density at radius 3 is 2.40 bits per heavy atom. The van der Waals surface area contributed by atoms with E-state index in [9.17, 15) is 0 Å². The molecule has 15 heavy (non-hydrogen) atoms. The fourth-order valence-corrected chi connectivity index (χ4v) is 0.596. The van der Waals surface area contributed by atoms with E-state index in [0.29, 0.717) is 0 Å². The molecule has 0 saturated carbocycles. The van der Waals surface area contributed by atoms with E-state index in [-0.39, 0.29) is 6.61 Å². The average Bonchev–Trinajstić information content (AvgIpc) is 2.26. The standard InChI is InChI=1S/C13H14O2/c1-2-3-4-5-6-7-8-9-10-11-13(15)12-14/h2-3,8-11,13-15H,12H2,1H3/b3-2+,9-8+,11-10+/t13-/m0/s1. The number of hydrogen-bond acceptors (Lipinski definition) is 2. The molecule has 0 saturated heterocycles. The molecule has 0 aliphatic heterocycles. The molecule has 0 aromatic carbocycles. The topological polar surface area (TPSA) is 40.5 Å². The Morgan fingerprint density at radius 1 is 1.13 bits per heavy atom. The van der Waals surface area contributed by atoms with Crippen molar-refractivity contribution in [3.05, 3.63) is 36.5 Å². The van der Waals surface area contributed by atoms with Crippen LogP contribution in [0.15, 0.2) is 36.5 Å². The van der Waals surface area contributed by atoms with Crippen LogP contribution in [0.5, 0.6) is 0 Å². The summed E-state index contributed by atoms with van der Waals surface area (Å²) in [6, 6.07) is 0. The molecule has 0 rings (SSSR count). The summed E-state index contributed by atoms with van der Waals surface area (Å²) in [5.74, 6) is 10.7. The van der Waals surface area contributed by atoms with Gasteiger partial charge in [-0.2, -0.15) is 0 Å². The molecule has 1 atom stereocenters. The maximum atomic E-state index is 8.92. The van der Waals surface area contributed by atoms with Crippen molar-refractivity contribution in [2.75, 3.05) is 6.61 Å². The summed E-state index contributed by atoms with van der Waals surface area (Å²) in [6.07, 6.45) is 9.13. The largest absolute Gasteiger partial charge is 0.393 e. The third-order valence-corrected chi connectivity index (χ3v) is 1.27. The zero-order valence-corrected chi connectivity index (χ0v) is 8.64. The summed E-state index contributed by atoms with van der Waals surface area (Å²) < 4.78 is 0. The lowest BCUT2D eigenvalue weighted by atomic mass is 10.3. The van der Waals surface area contributed by atoms with E-state index < -0.39 is 6.10 Å². The summed E-state index contributed by atoms with van der Waals surface area (Å²) in [6.45, 7) is 1.62. The maximum Gasteiger partial charge on any atom is 0.0954 e. The van der Waals surface area contributed by atoms with Crippen LogP contribution in [0.3, 0.4) is 0 Å². The number of aliphatic hydroxyl groups is 2. The molecule has 0 heterocycles. The van der Waals surface area contributed by atoms with E-state index in [4.69, 9.17) is 10.2 Å². The molecular weight excluding hydrogens is 188 g/mol. The van der Waals surface area contributed by atoms with Crippen molar-refractivity contribution < 1.29 is 10.2 Å². The summed E-state index contributed by atoms with van der Waals surface area (Å²) in [5.41, 5.74) is 0. The van der Waals surface area contributed by atoms with Crippen LogP contribution in [-0.2, 0) is 0 Å². The van der Waals surface area contributed by atoms with Crippen LogP contribution in [0, 0.1) is 23.7 Å². The van der Waals surface area contributed by atoms with Gasteiger partial charge in [0.15, 0.2) is 0 Å². The lowest BCUT2D eigenvalue weighted by Crippen LogP contribution is -2.06. The molecule has 0 aromatic heterocycles. The van der Waals surface area contributed by atoms with E-state index in [2.05, 4.69) is 23.7 Å². The normalized spacial score (nSPS) is 12.5. The van der Waals surface area contributed by atoms with Gasteiger partial charge in [0.2, 0.25) is 0 Å². The predicted octanol–water partition coefficient (Wildman–Crippen LogP) is 1.03. The van der Waals surface area contributed by atoms with Crippen molar-refractivity contribution in [2.24, 2.45) is 0 Å². The van der Waals surface area contributed by atoms with E-state index >= 15 is 0 Å². The van der Waals surface area contributed by atoms with Gasteiger partial charge in [-0.3, -0.25) is 0 Å². The Hall–Kier alpha value is -1.74. The summed E-state index contributed by atoms with van der Waals surface area (Å²) in [7, 11) is 0. The number of rotatable bonds is 3. The molecule has 0 radical (unpaired) electrons. The fraction of sp³-hybridized carbons (Fsp3) is 0.231. The second kappa shape index (κ2) is 10.3. The molecule has 0 aliphatic rings. The van der Waals surface area contributed by atoms with Crippen molar-refractivity contribution in [3.8, 4) is 23.7 Å². The first-order valence-corrected chi connectivity index (χ1v) is 4.55. The highest BCUT2D eigenvalue weighted by atomic mass is 16.3. The van der Waals surface area contributed by atoms with Gasteiger partial charge in [0, 0.05) is 0 Å². The molecular formula is C13H14O2. The molecule has 0 fully saturated rings. The lowest BCUT2D eigenvalue weighted by Gasteiger charge is -1.95. The molecule has 0 aliphatic carbocycles. The Morgan fingerprint density at radius 2 is 1.80 bits per heavy atom. The van der Waals surface area contributed by atoms with Gasteiger partial charge in [0.25, 0.3) is 0 Å². The van der Waals surface area contributed by atoms with Gasteiger partial charge in [0.05, 0.1) is 12.7 Å². The zero-order valence-electron chi connectivity index (χ0n) is 8.64. The Labute approximate surface area is 90.6 Å². The molecule has 2 nitrogen and oxygen atoms in total. The lowest BCUT2D eigenvalue weighted by molar-refractivity contribution is 0.131. The molecule has 0 amide bonds. The monoisotopic (exact) mass is 202 g/mol. The van der Waals surface area contributed by atoms with Gasteiger partial charge in [-0.1, -0.05) is 36.1 Å². The summed E-state index contributed by atoms with van der Waals surface area (Å²) >= 11 is 0. The summed E-state index contributed by atoms with van der Waals surface area (Å²) in [5, 5.41) is 17.4. The average molecular weight is 202 g/mol. The van der Waals surface area contributed by atoms with Crippen molar-refractivity contribution >= 4 is 0 Å². The molecule has 2 heteroatoms. The van der Waals surface area contributed by atoms with Gasteiger partial charge in [-0.15, -0.1) is 0 Å². The molecule has 78 valence electrons. The van der Waals surface area contributed by atoms with Crippen LogP contribution in [0.2, 0.25) is 0 Å². The predicted molar refractivity (Wildman–Crippen MR) is 61.7 cm³/mol. The van der Waals surface area contributed by atoms with Gasteiger partial charge >= 0.3 is 0 Å². The number of aliphatic hydroxyl groups excluding tert-OH is 2. The Balaban J connectivity index is 3.91. The first-order valence-electron chi connectivity index (χ1n) is 4.55. The van der Waals surface area contributed by atoms with Gasteiger partial charge in [-0.05, 0) is 30.9 Å². The third-order valence-electron chi connectivity index (χ3n) is 1.27.